The number of thioether (sulfide) groups is 1. The molecule has 0 atom stereocenters. The fraction of sp³-hybridized carbons (Fsp3) is 0.583. The van der Waals surface area contributed by atoms with Gasteiger partial charge in [0.1, 0.15) is 0 Å². The average Bonchev–Trinajstić information content (AvgIpc) is 2.53. The van der Waals surface area contributed by atoms with E-state index in [4.69, 9.17) is 0 Å². The van der Waals surface area contributed by atoms with E-state index in [0.29, 0.717) is 5.41 Å². The van der Waals surface area contributed by atoms with E-state index in [2.05, 4.69) is 20.1 Å². The van der Waals surface area contributed by atoms with Crippen LogP contribution in [-0.4, -0.2) is 12.5 Å². The molecule has 0 N–H and O–H groups in total. The van der Waals surface area contributed by atoms with E-state index in [1.165, 1.54) is 21.8 Å². The summed E-state index contributed by atoms with van der Waals surface area (Å²) in [6.45, 7) is 4.64. The van der Waals surface area contributed by atoms with Crippen LogP contribution in [0.1, 0.15) is 41.1 Å². The maximum Gasteiger partial charge on any atom is 0.160 e. The standard InChI is InChI=1S/C12H16OS2/c1-12(2)5-4-8-9(6-12)11(14-3)15-10(8)7-13/h7H,4-6H2,1-3H3. The first kappa shape index (κ1) is 11.2. The number of thiophene rings is 1. The van der Waals surface area contributed by atoms with Gasteiger partial charge in [0.05, 0.1) is 9.09 Å². The van der Waals surface area contributed by atoms with Crippen LogP contribution >= 0.6 is 23.1 Å². The zero-order chi connectivity index (χ0) is 11.1. The summed E-state index contributed by atoms with van der Waals surface area (Å²) in [6.07, 6.45) is 6.53. The van der Waals surface area contributed by atoms with Crippen LogP contribution in [0.25, 0.3) is 0 Å². The molecule has 0 amide bonds. The van der Waals surface area contributed by atoms with E-state index in [1.54, 1.807) is 23.1 Å². The number of rotatable bonds is 2. The zero-order valence-electron chi connectivity index (χ0n) is 9.42. The Morgan fingerprint density at radius 1 is 1.40 bits per heavy atom. The maximum atomic E-state index is 11.0. The van der Waals surface area contributed by atoms with Crippen LogP contribution < -0.4 is 0 Å². The van der Waals surface area contributed by atoms with Gasteiger partial charge < -0.3 is 0 Å². The second-order valence-electron chi connectivity index (χ2n) is 4.87. The van der Waals surface area contributed by atoms with Gasteiger partial charge in [0.15, 0.2) is 6.29 Å². The van der Waals surface area contributed by atoms with E-state index < -0.39 is 0 Å². The van der Waals surface area contributed by atoms with Crippen molar-refractivity contribution >= 4 is 29.4 Å². The lowest BCUT2D eigenvalue weighted by Gasteiger charge is -2.30. The summed E-state index contributed by atoms with van der Waals surface area (Å²) >= 11 is 3.45. The monoisotopic (exact) mass is 240 g/mol. The van der Waals surface area contributed by atoms with Crippen molar-refractivity contribution in [3.8, 4) is 0 Å². The second kappa shape index (κ2) is 3.95. The first-order valence-electron chi connectivity index (χ1n) is 5.21. The van der Waals surface area contributed by atoms with Crippen molar-refractivity contribution in [1.82, 2.24) is 0 Å². The quantitative estimate of drug-likeness (QED) is 0.578. The lowest BCUT2D eigenvalue weighted by molar-refractivity contribution is 0.112. The van der Waals surface area contributed by atoms with Gasteiger partial charge >= 0.3 is 0 Å². The van der Waals surface area contributed by atoms with E-state index in [1.807, 2.05) is 0 Å². The molecule has 82 valence electrons. The molecule has 0 saturated heterocycles. The van der Waals surface area contributed by atoms with Crippen molar-refractivity contribution in [3.05, 3.63) is 16.0 Å². The van der Waals surface area contributed by atoms with E-state index in [0.717, 1.165) is 24.0 Å². The molecule has 0 aliphatic heterocycles. The first-order valence-corrected chi connectivity index (χ1v) is 7.25. The summed E-state index contributed by atoms with van der Waals surface area (Å²) in [6, 6.07) is 0. The number of hydrogen-bond donors (Lipinski definition) is 0. The molecule has 0 saturated carbocycles. The fourth-order valence-electron chi connectivity index (χ4n) is 2.24. The van der Waals surface area contributed by atoms with Gasteiger partial charge in [0.25, 0.3) is 0 Å². The Morgan fingerprint density at radius 2 is 2.13 bits per heavy atom. The van der Waals surface area contributed by atoms with Crippen LogP contribution in [-0.2, 0) is 12.8 Å². The van der Waals surface area contributed by atoms with Gasteiger partial charge in [-0.3, -0.25) is 4.79 Å². The second-order valence-corrected chi connectivity index (χ2v) is 7.00. The van der Waals surface area contributed by atoms with Crippen LogP contribution in [0.5, 0.6) is 0 Å². The third-order valence-corrected chi connectivity index (χ3v) is 5.47. The predicted molar refractivity (Wildman–Crippen MR) is 67.3 cm³/mol. The Morgan fingerprint density at radius 3 is 2.73 bits per heavy atom. The van der Waals surface area contributed by atoms with Gasteiger partial charge in [-0.1, -0.05) is 13.8 Å². The molecule has 15 heavy (non-hydrogen) atoms. The molecule has 2 rings (SSSR count). The van der Waals surface area contributed by atoms with E-state index >= 15 is 0 Å². The SMILES string of the molecule is CSc1sc(C=O)c2c1CC(C)(C)CC2. The normalized spacial score (nSPS) is 18.6. The minimum Gasteiger partial charge on any atom is -0.297 e. The smallest absolute Gasteiger partial charge is 0.160 e. The molecule has 0 bridgehead atoms. The van der Waals surface area contributed by atoms with Crippen LogP contribution in [0, 0.1) is 5.41 Å². The summed E-state index contributed by atoms with van der Waals surface area (Å²) in [4.78, 5) is 11.9. The molecular formula is C12H16OS2. The van der Waals surface area contributed by atoms with Crippen molar-refractivity contribution in [1.29, 1.82) is 0 Å². The zero-order valence-corrected chi connectivity index (χ0v) is 11.1. The summed E-state index contributed by atoms with van der Waals surface area (Å²) in [5.74, 6) is 0. The molecule has 0 unspecified atom stereocenters. The topological polar surface area (TPSA) is 17.1 Å². The summed E-state index contributed by atoms with van der Waals surface area (Å²) < 4.78 is 1.35. The number of carbonyl (C=O) groups is 1. The molecule has 1 aliphatic carbocycles. The predicted octanol–water partition coefficient (Wildman–Crippen LogP) is 3.80. The Labute approximate surface area is 99.3 Å². The molecule has 1 aromatic rings. The lowest BCUT2D eigenvalue weighted by atomic mass is 9.75. The Hall–Kier alpha value is -0.280. The molecular weight excluding hydrogens is 224 g/mol. The summed E-state index contributed by atoms with van der Waals surface area (Å²) in [5.41, 5.74) is 3.18. The van der Waals surface area contributed by atoms with Gasteiger partial charge in [-0.25, -0.2) is 0 Å². The fourth-order valence-corrected chi connectivity index (χ4v) is 4.20. The van der Waals surface area contributed by atoms with Crippen molar-refractivity contribution in [2.24, 2.45) is 5.41 Å². The highest BCUT2D eigenvalue weighted by Crippen LogP contribution is 2.43. The van der Waals surface area contributed by atoms with Gasteiger partial charge in [-0.15, -0.1) is 23.1 Å². The largest absolute Gasteiger partial charge is 0.297 e. The van der Waals surface area contributed by atoms with Crippen molar-refractivity contribution in [2.45, 2.75) is 37.3 Å². The number of carbonyl (C=O) groups excluding carboxylic acids is 1. The van der Waals surface area contributed by atoms with Crippen LogP contribution in [0.4, 0.5) is 0 Å². The number of aldehydes is 1. The number of hydrogen-bond acceptors (Lipinski definition) is 3. The molecule has 1 nitrogen and oxygen atoms in total. The lowest BCUT2D eigenvalue weighted by Crippen LogP contribution is -2.21. The minimum atomic E-state index is 0.401. The molecule has 0 aromatic carbocycles. The highest BCUT2D eigenvalue weighted by molar-refractivity contribution is 8.00. The minimum absolute atomic E-state index is 0.401. The third-order valence-electron chi connectivity index (χ3n) is 3.11. The molecule has 1 aromatic heterocycles. The highest BCUT2D eigenvalue weighted by atomic mass is 32.2. The maximum absolute atomic E-state index is 11.0. The molecule has 3 heteroatoms. The molecule has 0 radical (unpaired) electrons. The summed E-state index contributed by atoms with van der Waals surface area (Å²) in [5, 5.41) is 0. The summed E-state index contributed by atoms with van der Waals surface area (Å²) in [7, 11) is 0. The van der Waals surface area contributed by atoms with Crippen molar-refractivity contribution in [2.75, 3.05) is 6.26 Å². The van der Waals surface area contributed by atoms with Crippen molar-refractivity contribution in [3.63, 3.8) is 0 Å². The Bertz CT molecular complexity index is 391. The van der Waals surface area contributed by atoms with Gasteiger partial charge in [-0.05, 0) is 42.1 Å². The van der Waals surface area contributed by atoms with Gasteiger partial charge in [0.2, 0.25) is 0 Å². The third kappa shape index (κ3) is 2.00. The van der Waals surface area contributed by atoms with Gasteiger partial charge in [0, 0.05) is 0 Å². The van der Waals surface area contributed by atoms with Gasteiger partial charge in [-0.2, -0.15) is 0 Å². The highest BCUT2D eigenvalue weighted by Gasteiger charge is 2.30. The Kier molecular flexibility index (Phi) is 2.95. The Balaban J connectivity index is 2.48. The van der Waals surface area contributed by atoms with Crippen molar-refractivity contribution < 1.29 is 4.79 Å². The molecule has 0 spiro atoms. The molecule has 0 fully saturated rings. The van der Waals surface area contributed by atoms with Crippen LogP contribution in [0.3, 0.4) is 0 Å². The number of fused-ring (bicyclic) bond motifs is 1. The first-order chi connectivity index (χ1) is 7.07. The molecule has 1 aliphatic rings. The van der Waals surface area contributed by atoms with Crippen LogP contribution in [0.15, 0.2) is 4.21 Å². The van der Waals surface area contributed by atoms with E-state index in [9.17, 15) is 4.79 Å². The van der Waals surface area contributed by atoms with E-state index in [-0.39, 0.29) is 0 Å². The van der Waals surface area contributed by atoms with Crippen LogP contribution in [0.2, 0.25) is 0 Å². The molecule has 1 heterocycles. The average molecular weight is 240 g/mol.